The number of alkyl halides is 5. The van der Waals surface area contributed by atoms with Gasteiger partial charge in [0.25, 0.3) is 0 Å². The largest absolute Gasteiger partial charge is 0.196 e. The highest BCUT2D eigenvalue weighted by atomic mass is 35.5. The zero-order chi connectivity index (χ0) is 10.3. The highest BCUT2D eigenvalue weighted by molar-refractivity contribution is 6.61. The molecule has 6 heteroatoms. The SMILES string of the molecule is N#CC1(Cl)C(Cl)(Cl)CCCC1(Cl)Cl. The minimum Gasteiger partial charge on any atom is -0.196 e. The Kier molecular flexibility index (Phi) is 3.24. The number of nitrogens with zero attached hydrogens (tertiary/aromatic N) is 1. The first-order valence-electron chi connectivity index (χ1n) is 3.63. The van der Waals surface area contributed by atoms with Gasteiger partial charge in [-0.05, 0) is 19.3 Å². The van der Waals surface area contributed by atoms with Gasteiger partial charge in [-0.1, -0.05) is 58.0 Å². The average Bonchev–Trinajstić information content (AvgIpc) is 1.99. The smallest absolute Gasteiger partial charge is 0.196 e. The van der Waals surface area contributed by atoms with E-state index in [4.69, 9.17) is 63.3 Å². The van der Waals surface area contributed by atoms with Crippen molar-refractivity contribution < 1.29 is 0 Å². The van der Waals surface area contributed by atoms with Crippen LogP contribution < -0.4 is 0 Å². The summed E-state index contributed by atoms with van der Waals surface area (Å²) >= 11 is 29.6. The van der Waals surface area contributed by atoms with Crippen molar-refractivity contribution in [2.24, 2.45) is 0 Å². The Hall–Kier alpha value is 0.940. The Balaban J connectivity index is 3.15. The van der Waals surface area contributed by atoms with Gasteiger partial charge in [-0.15, -0.1) is 0 Å². The Bertz CT molecular complexity index is 238. The molecule has 1 saturated carbocycles. The molecule has 0 radical (unpaired) electrons. The molecule has 74 valence electrons. The average molecular weight is 281 g/mol. The molecule has 13 heavy (non-hydrogen) atoms. The second kappa shape index (κ2) is 3.51. The number of rotatable bonds is 0. The lowest BCUT2D eigenvalue weighted by molar-refractivity contribution is 0.404. The van der Waals surface area contributed by atoms with Crippen molar-refractivity contribution in [2.75, 3.05) is 0 Å². The third-order valence-electron chi connectivity index (χ3n) is 2.14. The van der Waals surface area contributed by atoms with E-state index in [1.54, 1.807) is 6.07 Å². The maximum absolute atomic E-state index is 8.90. The van der Waals surface area contributed by atoms with Crippen molar-refractivity contribution in [3.05, 3.63) is 0 Å². The van der Waals surface area contributed by atoms with Crippen LogP contribution in [0.3, 0.4) is 0 Å². The summed E-state index contributed by atoms with van der Waals surface area (Å²) in [6, 6.07) is 1.80. The monoisotopic (exact) mass is 279 g/mol. The molecule has 0 aromatic carbocycles. The molecule has 0 saturated heterocycles. The maximum atomic E-state index is 8.90. The summed E-state index contributed by atoms with van der Waals surface area (Å²) in [5.41, 5.74) is 0. The van der Waals surface area contributed by atoms with Gasteiger partial charge in [0, 0.05) is 0 Å². The number of hydrogen-bond donors (Lipinski definition) is 0. The number of nitriles is 1. The summed E-state index contributed by atoms with van der Waals surface area (Å²) in [5.74, 6) is 0. The molecule has 1 rings (SSSR count). The lowest BCUT2D eigenvalue weighted by atomic mass is 9.87. The molecule has 1 aliphatic carbocycles. The van der Waals surface area contributed by atoms with Gasteiger partial charge in [0.15, 0.2) is 13.5 Å². The van der Waals surface area contributed by atoms with E-state index in [0.29, 0.717) is 19.3 Å². The Morgan fingerprint density at radius 2 is 1.31 bits per heavy atom. The first-order valence-corrected chi connectivity index (χ1v) is 5.52. The molecule has 0 spiro atoms. The molecule has 0 aromatic heterocycles. The fraction of sp³-hybridized carbons (Fsp3) is 0.857. The van der Waals surface area contributed by atoms with Crippen LogP contribution >= 0.6 is 58.0 Å². The molecule has 0 amide bonds. The highest BCUT2D eigenvalue weighted by Gasteiger charge is 2.63. The minimum atomic E-state index is -1.65. The van der Waals surface area contributed by atoms with Gasteiger partial charge < -0.3 is 0 Å². The van der Waals surface area contributed by atoms with Crippen LogP contribution in [-0.4, -0.2) is 13.5 Å². The van der Waals surface area contributed by atoms with E-state index in [1.165, 1.54) is 0 Å². The van der Waals surface area contributed by atoms with Crippen LogP contribution in [0, 0.1) is 11.3 Å². The van der Waals surface area contributed by atoms with Crippen molar-refractivity contribution in [2.45, 2.75) is 32.8 Å². The van der Waals surface area contributed by atoms with Crippen LogP contribution in [0.1, 0.15) is 19.3 Å². The van der Waals surface area contributed by atoms with Gasteiger partial charge in [-0.3, -0.25) is 0 Å². The summed E-state index contributed by atoms with van der Waals surface area (Å²) in [4.78, 5) is -1.65. The maximum Gasteiger partial charge on any atom is 0.196 e. The van der Waals surface area contributed by atoms with Crippen molar-refractivity contribution in [3.8, 4) is 6.07 Å². The van der Waals surface area contributed by atoms with E-state index in [9.17, 15) is 0 Å². The zero-order valence-electron chi connectivity index (χ0n) is 6.46. The summed E-state index contributed by atoms with van der Waals surface area (Å²) in [6.07, 6.45) is 1.47. The molecule has 1 fully saturated rings. The van der Waals surface area contributed by atoms with Crippen molar-refractivity contribution in [1.82, 2.24) is 0 Å². The van der Waals surface area contributed by atoms with Crippen LogP contribution in [0.15, 0.2) is 0 Å². The second-order valence-corrected chi connectivity index (χ2v) is 6.57. The van der Waals surface area contributed by atoms with Crippen molar-refractivity contribution >= 4 is 58.0 Å². The van der Waals surface area contributed by atoms with Crippen LogP contribution in [0.4, 0.5) is 0 Å². The zero-order valence-corrected chi connectivity index (χ0v) is 10.2. The van der Waals surface area contributed by atoms with Crippen LogP contribution in [0.5, 0.6) is 0 Å². The first kappa shape index (κ1) is 12.0. The van der Waals surface area contributed by atoms with E-state index in [-0.39, 0.29) is 0 Å². The molecule has 0 bridgehead atoms. The van der Waals surface area contributed by atoms with Crippen LogP contribution in [0.2, 0.25) is 0 Å². The van der Waals surface area contributed by atoms with Gasteiger partial charge in [0.2, 0.25) is 0 Å². The lowest BCUT2D eigenvalue weighted by Gasteiger charge is -2.44. The van der Waals surface area contributed by atoms with E-state index < -0.39 is 13.5 Å². The fourth-order valence-corrected chi connectivity index (χ4v) is 3.04. The van der Waals surface area contributed by atoms with Crippen LogP contribution in [-0.2, 0) is 0 Å². The summed E-state index contributed by atoms with van der Waals surface area (Å²) < 4.78 is -2.80. The Labute approximate surface area is 102 Å². The quantitative estimate of drug-likeness (QED) is 0.615. The van der Waals surface area contributed by atoms with Crippen molar-refractivity contribution in [1.29, 1.82) is 5.26 Å². The molecule has 0 aliphatic heterocycles. The van der Waals surface area contributed by atoms with Gasteiger partial charge in [0.1, 0.15) is 0 Å². The molecule has 0 heterocycles. The molecule has 0 aromatic rings. The number of hydrogen-bond acceptors (Lipinski definition) is 1. The van der Waals surface area contributed by atoms with E-state index in [2.05, 4.69) is 0 Å². The van der Waals surface area contributed by atoms with Crippen LogP contribution in [0.25, 0.3) is 0 Å². The molecular formula is C7H6Cl5N. The number of halogens is 5. The standard InChI is InChI=1S/C7H6Cl5N/c8-5(4-13)6(9,10)2-1-3-7(5,11)12/h1-3H2. The summed E-state index contributed by atoms with van der Waals surface area (Å²) in [5, 5.41) is 8.90. The first-order chi connectivity index (χ1) is 5.77. The van der Waals surface area contributed by atoms with Gasteiger partial charge >= 0.3 is 0 Å². The molecule has 0 unspecified atom stereocenters. The summed E-state index contributed by atoms with van der Waals surface area (Å²) in [7, 11) is 0. The predicted octanol–water partition coefficient (Wildman–Crippen LogP) is 4.02. The normalized spacial score (nSPS) is 29.2. The molecule has 0 N–H and O–H groups in total. The van der Waals surface area contributed by atoms with Gasteiger partial charge in [0.05, 0.1) is 6.07 Å². The topological polar surface area (TPSA) is 23.8 Å². The molecular weight excluding hydrogens is 275 g/mol. The highest BCUT2D eigenvalue weighted by Crippen LogP contribution is 2.58. The summed E-state index contributed by atoms with van der Waals surface area (Å²) in [6.45, 7) is 0. The lowest BCUT2D eigenvalue weighted by Crippen LogP contribution is -2.56. The predicted molar refractivity (Wildman–Crippen MR) is 56.9 cm³/mol. The minimum absolute atomic E-state index is 0.411. The second-order valence-electron chi connectivity index (χ2n) is 3.03. The fourth-order valence-electron chi connectivity index (χ4n) is 1.31. The van der Waals surface area contributed by atoms with Crippen molar-refractivity contribution in [3.63, 3.8) is 0 Å². The molecule has 1 aliphatic rings. The van der Waals surface area contributed by atoms with E-state index in [0.717, 1.165) is 0 Å². The molecule has 0 atom stereocenters. The van der Waals surface area contributed by atoms with E-state index >= 15 is 0 Å². The Morgan fingerprint density at radius 3 is 1.54 bits per heavy atom. The third-order valence-corrected chi connectivity index (χ3v) is 5.15. The Morgan fingerprint density at radius 1 is 0.923 bits per heavy atom. The third kappa shape index (κ3) is 1.73. The van der Waals surface area contributed by atoms with Gasteiger partial charge in [-0.2, -0.15) is 5.26 Å². The molecule has 1 nitrogen and oxygen atoms in total. The van der Waals surface area contributed by atoms with Gasteiger partial charge in [-0.25, -0.2) is 0 Å². The van der Waals surface area contributed by atoms with E-state index in [1.807, 2.05) is 0 Å².